The fourth-order valence-electron chi connectivity index (χ4n) is 3.65. The van der Waals surface area contributed by atoms with Crippen molar-refractivity contribution in [3.8, 4) is 0 Å². The van der Waals surface area contributed by atoms with Crippen molar-refractivity contribution < 1.29 is 14.0 Å². The number of thioether (sulfide) groups is 1. The second-order valence-corrected chi connectivity index (χ2v) is 8.47. The third-order valence-corrected chi connectivity index (χ3v) is 6.39. The molecular formula is C22H24FN3O2S. The number of carbonyl (C=O) groups is 2. The zero-order chi connectivity index (χ0) is 20.2. The Kier molecular flexibility index (Phi) is 6.04. The van der Waals surface area contributed by atoms with Crippen LogP contribution in [-0.4, -0.2) is 41.6 Å². The van der Waals surface area contributed by atoms with Gasteiger partial charge in [0.25, 0.3) is 5.91 Å². The zero-order valence-electron chi connectivity index (χ0n) is 16.1. The fraction of sp³-hybridized carbons (Fsp3) is 0.364. The number of amides is 2. The van der Waals surface area contributed by atoms with Crippen LogP contribution in [0.25, 0.3) is 0 Å². The number of benzene rings is 2. The topological polar surface area (TPSA) is 61.4 Å². The van der Waals surface area contributed by atoms with Crippen LogP contribution in [0.4, 0.5) is 15.8 Å². The molecule has 2 aliphatic rings. The van der Waals surface area contributed by atoms with E-state index in [0.717, 1.165) is 37.2 Å². The number of hydrogen-bond acceptors (Lipinski definition) is 4. The predicted molar refractivity (Wildman–Crippen MR) is 115 cm³/mol. The maximum Gasteiger partial charge on any atom is 0.253 e. The van der Waals surface area contributed by atoms with Gasteiger partial charge < -0.3 is 15.5 Å². The average Bonchev–Trinajstić information content (AvgIpc) is 2.75. The molecule has 152 valence electrons. The first kappa shape index (κ1) is 19.8. The van der Waals surface area contributed by atoms with Crippen molar-refractivity contribution in [1.82, 2.24) is 4.90 Å². The largest absolute Gasteiger partial charge is 0.371 e. The van der Waals surface area contributed by atoms with Crippen LogP contribution in [-0.2, 0) is 10.5 Å². The summed E-state index contributed by atoms with van der Waals surface area (Å²) in [6.07, 6.45) is 3.27. The van der Waals surface area contributed by atoms with Gasteiger partial charge in [-0.1, -0.05) is 12.1 Å². The molecule has 2 aromatic rings. The van der Waals surface area contributed by atoms with Crippen molar-refractivity contribution in [2.75, 3.05) is 29.5 Å². The van der Waals surface area contributed by atoms with Gasteiger partial charge in [0.1, 0.15) is 11.9 Å². The summed E-state index contributed by atoms with van der Waals surface area (Å²) >= 11 is 1.62. The van der Waals surface area contributed by atoms with Crippen molar-refractivity contribution in [3.05, 3.63) is 59.4 Å². The number of fused-ring (bicyclic) bond motifs is 1. The second kappa shape index (κ2) is 8.86. The highest BCUT2D eigenvalue weighted by atomic mass is 32.2. The van der Waals surface area contributed by atoms with E-state index in [1.807, 2.05) is 17.0 Å². The Hall–Kier alpha value is -2.54. The third-order valence-electron chi connectivity index (χ3n) is 5.28. The standard InChI is InChI=1S/C22H24FN3O2S/c23-17-7-4-15(5-8-17)13-29-14-20-21(27)25-19-12-16(6-9-18(19)24-20)22(28)26-10-2-1-3-11-26/h4-9,12,20,24H,1-3,10-11,13-14H2,(H,25,27). The minimum atomic E-state index is -0.350. The highest BCUT2D eigenvalue weighted by Crippen LogP contribution is 2.30. The minimum Gasteiger partial charge on any atom is -0.371 e. The molecule has 2 amide bonds. The molecule has 1 fully saturated rings. The molecule has 0 saturated carbocycles. The van der Waals surface area contributed by atoms with Crippen molar-refractivity contribution in [3.63, 3.8) is 0 Å². The smallest absolute Gasteiger partial charge is 0.253 e. The quantitative estimate of drug-likeness (QED) is 0.774. The number of rotatable bonds is 5. The van der Waals surface area contributed by atoms with Crippen LogP contribution in [0.3, 0.4) is 0 Å². The normalized spacial score (nSPS) is 18.6. The van der Waals surface area contributed by atoms with E-state index in [9.17, 15) is 14.0 Å². The van der Waals surface area contributed by atoms with Crippen LogP contribution >= 0.6 is 11.8 Å². The molecule has 2 aliphatic heterocycles. The molecule has 0 radical (unpaired) electrons. The molecule has 2 aromatic carbocycles. The highest BCUT2D eigenvalue weighted by Gasteiger charge is 2.27. The van der Waals surface area contributed by atoms with Crippen LogP contribution in [0.1, 0.15) is 35.2 Å². The number of carbonyl (C=O) groups excluding carboxylic acids is 2. The van der Waals surface area contributed by atoms with E-state index in [0.29, 0.717) is 22.8 Å². The number of nitrogens with zero attached hydrogens (tertiary/aromatic N) is 1. The van der Waals surface area contributed by atoms with Gasteiger partial charge in [0.2, 0.25) is 5.91 Å². The lowest BCUT2D eigenvalue weighted by Crippen LogP contribution is -2.41. The van der Waals surface area contributed by atoms with Crippen LogP contribution in [0.5, 0.6) is 0 Å². The number of nitrogens with one attached hydrogen (secondary N) is 2. The first-order chi connectivity index (χ1) is 14.1. The van der Waals surface area contributed by atoms with E-state index in [1.54, 1.807) is 30.0 Å². The lowest BCUT2D eigenvalue weighted by atomic mass is 10.1. The van der Waals surface area contributed by atoms with Crippen molar-refractivity contribution in [2.45, 2.75) is 31.1 Å². The maximum atomic E-state index is 13.0. The van der Waals surface area contributed by atoms with E-state index in [2.05, 4.69) is 10.6 Å². The summed E-state index contributed by atoms with van der Waals surface area (Å²) in [6.45, 7) is 1.60. The van der Waals surface area contributed by atoms with E-state index < -0.39 is 0 Å². The number of piperidine rings is 1. The molecule has 0 bridgehead atoms. The molecule has 29 heavy (non-hydrogen) atoms. The van der Waals surface area contributed by atoms with E-state index in [-0.39, 0.29) is 23.7 Å². The Labute approximate surface area is 174 Å². The summed E-state index contributed by atoms with van der Waals surface area (Å²) in [5, 5.41) is 6.20. The van der Waals surface area contributed by atoms with E-state index >= 15 is 0 Å². The van der Waals surface area contributed by atoms with Gasteiger partial charge in [0, 0.05) is 30.2 Å². The molecule has 1 unspecified atom stereocenters. The summed E-state index contributed by atoms with van der Waals surface area (Å²) in [6, 6.07) is 11.5. The summed E-state index contributed by atoms with van der Waals surface area (Å²) in [4.78, 5) is 27.1. The molecule has 7 heteroatoms. The van der Waals surface area contributed by atoms with Crippen molar-refractivity contribution in [1.29, 1.82) is 0 Å². The Balaban J connectivity index is 1.36. The molecular weight excluding hydrogens is 389 g/mol. The van der Waals surface area contributed by atoms with Gasteiger partial charge in [-0.15, -0.1) is 0 Å². The molecule has 2 heterocycles. The summed E-state index contributed by atoms with van der Waals surface area (Å²) in [7, 11) is 0. The molecule has 4 rings (SSSR count). The van der Waals surface area contributed by atoms with Gasteiger partial charge >= 0.3 is 0 Å². The van der Waals surface area contributed by atoms with Crippen LogP contribution in [0.2, 0.25) is 0 Å². The average molecular weight is 414 g/mol. The number of hydrogen-bond donors (Lipinski definition) is 2. The van der Waals surface area contributed by atoms with Gasteiger partial charge in [-0.2, -0.15) is 11.8 Å². The predicted octanol–water partition coefficient (Wildman–Crippen LogP) is 4.12. The lowest BCUT2D eigenvalue weighted by Gasteiger charge is -2.29. The van der Waals surface area contributed by atoms with Crippen LogP contribution in [0, 0.1) is 5.82 Å². The molecule has 0 aliphatic carbocycles. The molecule has 1 atom stereocenters. The van der Waals surface area contributed by atoms with Crippen LogP contribution in [0.15, 0.2) is 42.5 Å². The van der Waals surface area contributed by atoms with Gasteiger partial charge in [-0.05, 0) is 55.2 Å². The Morgan fingerprint density at radius 2 is 1.83 bits per heavy atom. The first-order valence-electron chi connectivity index (χ1n) is 9.93. The maximum absolute atomic E-state index is 13.0. The van der Waals surface area contributed by atoms with Gasteiger partial charge in [0.05, 0.1) is 11.4 Å². The fourth-order valence-corrected chi connectivity index (χ4v) is 4.67. The first-order valence-corrected chi connectivity index (χ1v) is 11.1. The van der Waals surface area contributed by atoms with Crippen LogP contribution < -0.4 is 10.6 Å². The minimum absolute atomic E-state index is 0.0266. The van der Waals surface area contributed by atoms with E-state index in [4.69, 9.17) is 0 Å². The summed E-state index contributed by atoms with van der Waals surface area (Å²) in [5.41, 5.74) is 3.11. The Bertz CT molecular complexity index is 897. The highest BCUT2D eigenvalue weighted by molar-refractivity contribution is 7.98. The number of halogens is 1. The lowest BCUT2D eigenvalue weighted by molar-refractivity contribution is -0.116. The molecule has 0 aromatic heterocycles. The monoisotopic (exact) mass is 413 g/mol. The summed E-state index contributed by atoms with van der Waals surface area (Å²) < 4.78 is 13.0. The van der Waals surface area contributed by atoms with E-state index in [1.165, 1.54) is 18.6 Å². The molecule has 0 spiro atoms. The number of anilines is 2. The molecule has 5 nitrogen and oxygen atoms in total. The summed E-state index contributed by atoms with van der Waals surface area (Å²) in [5.74, 6) is 0.978. The van der Waals surface area contributed by atoms with Gasteiger partial charge in [0.15, 0.2) is 0 Å². The zero-order valence-corrected chi connectivity index (χ0v) is 16.9. The van der Waals surface area contributed by atoms with Gasteiger partial charge in [-0.25, -0.2) is 4.39 Å². The van der Waals surface area contributed by atoms with Gasteiger partial charge in [-0.3, -0.25) is 9.59 Å². The molecule has 2 N–H and O–H groups in total. The van der Waals surface area contributed by atoms with Crippen molar-refractivity contribution in [2.24, 2.45) is 0 Å². The van der Waals surface area contributed by atoms with Crippen molar-refractivity contribution >= 4 is 35.0 Å². The molecule has 1 saturated heterocycles. The Morgan fingerprint density at radius 3 is 2.59 bits per heavy atom. The Morgan fingerprint density at radius 1 is 1.07 bits per heavy atom. The number of likely N-dealkylation sites (tertiary alicyclic amines) is 1. The second-order valence-electron chi connectivity index (χ2n) is 7.44. The SMILES string of the molecule is O=C1Nc2cc(C(=O)N3CCCCC3)ccc2NC1CSCc1ccc(F)cc1. The third kappa shape index (κ3) is 4.72.